The Morgan fingerprint density at radius 1 is 1.25 bits per heavy atom. The number of pyridine rings is 2. The van der Waals surface area contributed by atoms with E-state index < -0.39 is 11.7 Å². The molecule has 4 aromatic rings. The summed E-state index contributed by atoms with van der Waals surface area (Å²) >= 11 is 0. The van der Waals surface area contributed by atoms with Crippen LogP contribution in [-0.4, -0.2) is 30.1 Å². The van der Waals surface area contributed by atoms with Crippen molar-refractivity contribution >= 4 is 28.4 Å². The van der Waals surface area contributed by atoms with Gasteiger partial charge in [0.2, 0.25) is 5.91 Å². The highest BCUT2D eigenvalue weighted by molar-refractivity contribution is 5.90. The minimum Gasteiger partial charge on any atom is -0.309 e. The molecule has 0 spiro atoms. The molecule has 4 heterocycles. The molecular formula is C19H17FN6O2. The lowest BCUT2D eigenvalue weighted by Gasteiger charge is -2.10. The highest BCUT2D eigenvalue weighted by Crippen LogP contribution is 2.18. The molecule has 8 nitrogen and oxygen atoms in total. The van der Waals surface area contributed by atoms with E-state index in [1.54, 1.807) is 28.9 Å². The average molecular weight is 380 g/mol. The normalized spacial score (nSPS) is 11.4. The Labute approximate surface area is 158 Å². The summed E-state index contributed by atoms with van der Waals surface area (Å²) in [6.45, 7) is 3.74. The minimum atomic E-state index is -0.501. The predicted octanol–water partition coefficient (Wildman–Crippen LogP) is 2.34. The van der Waals surface area contributed by atoms with Crippen molar-refractivity contribution < 1.29 is 9.18 Å². The summed E-state index contributed by atoms with van der Waals surface area (Å²) < 4.78 is 15.9. The van der Waals surface area contributed by atoms with Crippen molar-refractivity contribution in [1.29, 1.82) is 0 Å². The lowest BCUT2D eigenvalue weighted by atomic mass is 10.1. The molecule has 0 bridgehead atoms. The number of carbonyl (C=O) groups excluding carboxylic acids is 1. The van der Waals surface area contributed by atoms with E-state index >= 15 is 0 Å². The van der Waals surface area contributed by atoms with Crippen LogP contribution in [0.3, 0.4) is 0 Å². The smallest absolute Gasteiger partial charge is 0.263 e. The van der Waals surface area contributed by atoms with Gasteiger partial charge >= 0.3 is 0 Å². The van der Waals surface area contributed by atoms with Gasteiger partial charge in [-0.25, -0.2) is 14.4 Å². The first kappa shape index (κ1) is 17.8. The molecule has 1 amide bonds. The number of amides is 1. The summed E-state index contributed by atoms with van der Waals surface area (Å²) in [4.78, 5) is 33.6. The maximum absolute atomic E-state index is 13.0. The monoisotopic (exact) mass is 380 g/mol. The van der Waals surface area contributed by atoms with Crippen LogP contribution in [0.4, 0.5) is 10.2 Å². The summed E-state index contributed by atoms with van der Waals surface area (Å²) in [5.41, 5.74) is 1.35. The van der Waals surface area contributed by atoms with E-state index in [1.165, 1.54) is 16.7 Å². The highest BCUT2D eigenvalue weighted by Gasteiger charge is 2.17. The number of hydrogen-bond acceptors (Lipinski definition) is 5. The molecule has 0 fully saturated rings. The fourth-order valence-corrected chi connectivity index (χ4v) is 2.93. The van der Waals surface area contributed by atoms with Crippen molar-refractivity contribution in [2.24, 2.45) is 0 Å². The molecule has 142 valence electrons. The molecule has 0 atom stereocenters. The van der Waals surface area contributed by atoms with Gasteiger partial charge in [-0.05, 0) is 30.2 Å². The van der Waals surface area contributed by atoms with E-state index in [2.05, 4.69) is 20.4 Å². The first-order valence-corrected chi connectivity index (χ1v) is 8.72. The Morgan fingerprint density at radius 3 is 2.79 bits per heavy atom. The summed E-state index contributed by atoms with van der Waals surface area (Å²) in [6.07, 6.45) is 2.60. The Morgan fingerprint density at radius 2 is 2.07 bits per heavy atom. The molecule has 0 aliphatic carbocycles. The van der Waals surface area contributed by atoms with E-state index in [0.717, 1.165) is 11.9 Å². The summed E-state index contributed by atoms with van der Waals surface area (Å²) in [5, 5.41) is 7.48. The van der Waals surface area contributed by atoms with Crippen LogP contribution in [-0.2, 0) is 11.3 Å². The Kier molecular flexibility index (Phi) is 4.34. The topological polar surface area (TPSA) is 94.2 Å². The first-order valence-electron chi connectivity index (χ1n) is 8.72. The lowest BCUT2D eigenvalue weighted by molar-refractivity contribution is -0.116. The highest BCUT2D eigenvalue weighted by atomic mass is 19.1. The van der Waals surface area contributed by atoms with Crippen LogP contribution in [0.15, 0.2) is 47.5 Å². The van der Waals surface area contributed by atoms with Gasteiger partial charge in [-0.1, -0.05) is 13.8 Å². The van der Waals surface area contributed by atoms with Gasteiger partial charge in [0.05, 0.1) is 17.3 Å². The second kappa shape index (κ2) is 6.84. The summed E-state index contributed by atoms with van der Waals surface area (Å²) in [7, 11) is 0. The van der Waals surface area contributed by atoms with E-state index in [4.69, 9.17) is 0 Å². The standard InChI is InChI=1S/C19H17FN6O2/c1-11(2)14-8-17-25(10-16(27)23-15-6-5-12(20)9-22-15)19(28)13-4-3-7-21-18(13)26(17)24-14/h3-9,11H,10H2,1-2H3,(H,22,23,27). The maximum Gasteiger partial charge on any atom is 0.263 e. The van der Waals surface area contributed by atoms with Crippen molar-refractivity contribution in [2.45, 2.75) is 26.3 Å². The Balaban J connectivity index is 1.80. The molecular weight excluding hydrogens is 363 g/mol. The minimum absolute atomic E-state index is 0.138. The van der Waals surface area contributed by atoms with Crippen LogP contribution in [0.25, 0.3) is 16.7 Å². The third-order valence-corrected chi connectivity index (χ3v) is 4.34. The van der Waals surface area contributed by atoms with Crippen LogP contribution in [0.5, 0.6) is 0 Å². The number of hydrogen-bond donors (Lipinski definition) is 1. The lowest BCUT2D eigenvalue weighted by Crippen LogP contribution is -2.29. The van der Waals surface area contributed by atoms with Crippen LogP contribution in [0.1, 0.15) is 25.5 Å². The second-order valence-electron chi connectivity index (χ2n) is 6.67. The maximum atomic E-state index is 13.0. The third-order valence-electron chi connectivity index (χ3n) is 4.34. The van der Waals surface area contributed by atoms with Crippen molar-refractivity contribution in [3.8, 4) is 0 Å². The van der Waals surface area contributed by atoms with Crippen LogP contribution < -0.4 is 10.9 Å². The van der Waals surface area contributed by atoms with E-state index in [9.17, 15) is 14.0 Å². The van der Waals surface area contributed by atoms with Gasteiger partial charge in [0, 0.05) is 12.3 Å². The quantitative estimate of drug-likeness (QED) is 0.586. The Hall–Kier alpha value is -3.62. The Bertz CT molecular complexity index is 1240. The van der Waals surface area contributed by atoms with E-state index in [1.807, 2.05) is 13.8 Å². The molecule has 9 heteroatoms. The number of aromatic nitrogens is 5. The van der Waals surface area contributed by atoms with Crippen molar-refractivity contribution in [1.82, 2.24) is 24.1 Å². The molecule has 0 saturated heterocycles. The van der Waals surface area contributed by atoms with Crippen LogP contribution in [0, 0.1) is 5.82 Å². The number of halogens is 1. The molecule has 28 heavy (non-hydrogen) atoms. The number of carbonyl (C=O) groups is 1. The van der Waals surface area contributed by atoms with Gasteiger partial charge < -0.3 is 5.32 Å². The molecule has 0 saturated carbocycles. The van der Waals surface area contributed by atoms with Crippen molar-refractivity contribution in [3.05, 3.63) is 64.6 Å². The molecule has 4 aromatic heterocycles. The van der Waals surface area contributed by atoms with Gasteiger partial charge in [0.25, 0.3) is 5.56 Å². The van der Waals surface area contributed by atoms with E-state index in [-0.39, 0.29) is 23.8 Å². The molecule has 0 radical (unpaired) electrons. The predicted molar refractivity (Wildman–Crippen MR) is 102 cm³/mol. The zero-order chi connectivity index (χ0) is 19.8. The zero-order valence-electron chi connectivity index (χ0n) is 15.3. The summed E-state index contributed by atoms with van der Waals surface area (Å²) in [6, 6.07) is 7.64. The fraction of sp³-hybridized carbons (Fsp3) is 0.211. The molecule has 0 aliphatic rings. The third kappa shape index (κ3) is 3.11. The van der Waals surface area contributed by atoms with Crippen LogP contribution >= 0.6 is 0 Å². The van der Waals surface area contributed by atoms with Gasteiger partial charge in [-0.3, -0.25) is 14.2 Å². The second-order valence-corrected chi connectivity index (χ2v) is 6.67. The summed E-state index contributed by atoms with van der Waals surface area (Å²) in [5.74, 6) is -0.620. The van der Waals surface area contributed by atoms with Gasteiger partial charge in [0.1, 0.15) is 23.8 Å². The largest absolute Gasteiger partial charge is 0.309 e. The van der Waals surface area contributed by atoms with Gasteiger partial charge in [-0.15, -0.1) is 0 Å². The fourth-order valence-electron chi connectivity index (χ4n) is 2.93. The number of anilines is 1. The number of rotatable bonds is 4. The average Bonchev–Trinajstić information content (AvgIpc) is 3.13. The van der Waals surface area contributed by atoms with Crippen molar-refractivity contribution in [2.75, 3.05) is 5.32 Å². The molecule has 1 N–H and O–H groups in total. The van der Waals surface area contributed by atoms with Gasteiger partial charge in [-0.2, -0.15) is 9.61 Å². The number of nitrogens with zero attached hydrogens (tertiary/aromatic N) is 5. The number of fused-ring (bicyclic) bond motifs is 3. The molecule has 0 unspecified atom stereocenters. The van der Waals surface area contributed by atoms with Crippen molar-refractivity contribution in [3.63, 3.8) is 0 Å². The van der Waals surface area contributed by atoms with E-state index in [0.29, 0.717) is 16.7 Å². The zero-order valence-corrected chi connectivity index (χ0v) is 15.3. The molecule has 0 aromatic carbocycles. The van der Waals surface area contributed by atoms with Crippen LogP contribution in [0.2, 0.25) is 0 Å². The SMILES string of the molecule is CC(C)c1cc2n(CC(=O)Nc3ccc(F)cn3)c(=O)c3cccnc3n2n1. The number of nitrogens with one attached hydrogen (secondary N) is 1. The molecule has 4 rings (SSSR count). The molecule has 0 aliphatic heterocycles. The first-order chi connectivity index (χ1) is 13.4. The van der Waals surface area contributed by atoms with Gasteiger partial charge in [0.15, 0.2) is 5.65 Å².